The van der Waals surface area contributed by atoms with Crippen LogP contribution in [0.15, 0.2) is 29.2 Å². The summed E-state index contributed by atoms with van der Waals surface area (Å²) in [5, 5.41) is 8.65. The number of sulfonamides is 1. The van der Waals surface area contributed by atoms with Crippen molar-refractivity contribution in [3.8, 4) is 0 Å². The molecule has 3 unspecified atom stereocenters. The Kier molecular flexibility index (Phi) is 3.75. The summed E-state index contributed by atoms with van der Waals surface area (Å²) >= 11 is 0. The van der Waals surface area contributed by atoms with E-state index in [4.69, 9.17) is 5.14 Å². The van der Waals surface area contributed by atoms with Gasteiger partial charge in [-0.15, -0.1) is 0 Å². The van der Waals surface area contributed by atoms with E-state index in [1.807, 2.05) is 13.0 Å². The van der Waals surface area contributed by atoms with E-state index in [0.29, 0.717) is 6.04 Å². The average molecular weight is 268 g/mol. The van der Waals surface area contributed by atoms with Gasteiger partial charge < -0.3 is 5.32 Å². The summed E-state index contributed by atoms with van der Waals surface area (Å²) in [6.45, 7) is 4.24. The van der Waals surface area contributed by atoms with Crippen LogP contribution < -0.4 is 10.5 Å². The highest BCUT2D eigenvalue weighted by molar-refractivity contribution is 7.89. The third-order valence-corrected chi connectivity index (χ3v) is 4.51. The normalized spacial score (nSPS) is 24.8. The minimum Gasteiger partial charge on any atom is -0.307 e. The van der Waals surface area contributed by atoms with Gasteiger partial charge >= 0.3 is 0 Å². The molecule has 3 N–H and O–H groups in total. The molecule has 1 saturated carbocycles. The number of benzene rings is 1. The first-order chi connectivity index (χ1) is 8.41. The number of hydrogen-bond donors (Lipinski definition) is 2. The van der Waals surface area contributed by atoms with Crippen LogP contribution >= 0.6 is 0 Å². The molecule has 1 aromatic rings. The highest BCUT2D eigenvalue weighted by Crippen LogP contribution is 2.35. The van der Waals surface area contributed by atoms with Crippen LogP contribution in [0.4, 0.5) is 0 Å². The van der Waals surface area contributed by atoms with Crippen LogP contribution in [0.3, 0.4) is 0 Å². The lowest BCUT2D eigenvalue weighted by Gasteiger charge is -2.15. The van der Waals surface area contributed by atoms with Crippen LogP contribution in [0.25, 0.3) is 0 Å². The summed E-state index contributed by atoms with van der Waals surface area (Å²) in [6, 6.07) is 7.55. The molecule has 0 amide bonds. The molecule has 4 nitrogen and oxygen atoms in total. The smallest absolute Gasteiger partial charge is 0.238 e. The molecule has 0 bridgehead atoms. The van der Waals surface area contributed by atoms with Crippen molar-refractivity contribution >= 4 is 10.0 Å². The Balaban J connectivity index is 2.09. The second kappa shape index (κ2) is 4.99. The topological polar surface area (TPSA) is 72.2 Å². The van der Waals surface area contributed by atoms with Crippen LogP contribution in [0.5, 0.6) is 0 Å². The zero-order valence-corrected chi connectivity index (χ0v) is 11.6. The molecule has 0 radical (unpaired) electrons. The van der Waals surface area contributed by atoms with Gasteiger partial charge in [0, 0.05) is 12.1 Å². The molecule has 0 aromatic heterocycles. The number of hydrogen-bond acceptors (Lipinski definition) is 3. The molecule has 1 aliphatic rings. The lowest BCUT2D eigenvalue weighted by Crippen LogP contribution is -2.22. The zero-order valence-electron chi connectivity index (χ0n) is 10.8. The van der Waals surface area contributed by atoms with E-state index in [1.54, 1.807) is 12.1 Å². The van der Waals surface area contributed by atoms with Crippen molar-refractivity contribution in [2.45, 2.75) is 43.7 Å². The van der Waals surface area contributed by atoms with Crippen molar-refractivity contribution in [2.75, 3.05) is 0 Å². The SMILES string of the molecule is CCC1CC1NC(C)c1cccc(S(N)(=O)=O)c1. The summed E-state index contributed by atoms with van der Waals surface area (Å²) < 4.78 is 22.6. The minimum atomic E-state index is -3.61. The van der Waals surface area contributed by atoms with E-state index in [-0.39, 0.29) is 10.9 Å². The van der Waals surface area contributed by atoms with Crippen molar-refractivity contribution in [1.29, 1.82) is 0 Å². The molecule has 2 rings (SSSR count). The maximum Gasteiger partial charge on any atom is 0.238 e. The maximum absolute atomic E-state index is 11.3. The van der Waals surface area contributed by atoms with Gasteiger partial charge in [0.2, 0.25) is 10.0 Å². The van der Waals surface area contributed by atoms with Crippen LogP contribution in [0.2, 0.25) is 0 Å². The number of primary sulfonamides is 1. The van der Waals surface area contributed by atoms with Crippen molar-refractivity contribution in [2.24, 2.45) is 11.1 Å². The number of nitrogens with one attached hydrogen (secondary N) is 1. The van der Waals surface area contributed by atoms with E-state index in [2.05, 4.69) is 12.2 Å². The van der Waals surface area contributed by atoms with Gasteiger partial charge in [0.1, 0.15) is 0 Å². The van der Waals surface area contributed by atoms with Crippen LogP contribution in [0, 0.1) is 5.92 Å². The first kappa shape index (κ1) is 13.5. The lowest BCUT2D eigenvalue weighted by molar-refractivity contribution is 0.538. The van der Waals surface area contributed by atoms with Gasteiger partial charge in [-0.1, -0.05) is 25.5 Å². The maximum atomic E-state index is 11.3. The zero-order chi connectivity index (χ0) is 13.3. The van der Waals surface area contributed by atoms with E-state index in [0.717, 1.165) is 11.5 Å². The quantitative estimate of drug-likeness (QED) is 0.855. The van der Waals surface area contributed by atoms with Gasteiger partial charge in [-0.25, -0.2) is 13.6 Å². The molecular formula is C13H20N2O2S. The minimum absolute atomic E-state index is 0.147. The molecule has 3 atom stereocenters. The summed E-state index contributed by atoms with van der Waals surface area (Å²) in [7, 11) is -3.61. The first-order valence-electron chi connectivity index (χ1n) is 6.30. The van der Waals surface area contributed by atoms with E-state index in [1.165, 1.54) is 18.9 Å². The highest BCUT2D eigenvalue weighted by Gasteiger charge is 2.35. The molecule has 0 aliphatic heterocycles. The third-order valence-electron chi connectivity index (χ3n) is 3.60. The number of rotatable bonds is 5. The highest BCUT2D eigenvalue weighted by atomic mass is 32.2. The summed E-state index contributed by atoms with van der Waals surface area (Å²) in [5.41, 5.74) is 0.961. The Morgan fingerprint density at radius 2 is 2.22 bits per heavy atom. The first-order valence-corrected chi connectivity index (χ1v) is 7.85. The summed E-state index contributed by atoms with van der Waals surface area (Å²) in [5.74, 6) is 0.772. The molecular weight excluding hydrogens is 248 g/mol. The fraction of sp³-hybridized carbons (Fsp3) is 0.538. The fourth-order valence-corrected chi connectivity index (χ4v) is 2.85. The average Bonchev–Trinajstić information content (AvgIpc) is 3.06. The Bertz CT molecular complexity index is 528. The van der Waals surface area contributed by atoms with Crippen LogP contribution in [0.1, 0.15) is 38.3 Å². The fourth-order valence-electron chi connectivity index (χ4n) is 2.28. The molecule has 100 valence electrons. The van der Waals surface area contributed by atoms with E-state index in [9.17, 15) is 8.42 Å². The second-order valence-electron chi connectivity index (χ2n) is 5.02. The molecule has 5 heteroatoms. The predicted molar refractivity (Wildman–Crippen MR) is 71.6 cm³/mol. The largest absolute Gasteiger partial charge is 0.307 e. The van der Waals surface area contributed by atoms with Crippen LogP contribution in [-0.4, -0.2) is 14.5 Å². The Morgan fingerprint density at radius 3 is 2.78 bits per heavy atom. The van der Waals surface area contributed by atoms with Gasteiger partial charge in [0.15, 0.2) is 0 Å². The molecule has 0 heterocycles. The lowest BCUT2D eigenvalue weighted by atomic mass is 10.1. The van der Waals surface area contributed by atoms with Gasteiger partial charge in [-0.3, -0.25) is 0 Å². The third kappa shape index (κ3) is 3.10. The van der Waals surface area contributed by atoms with Crippen molar-refractivity contribution in [3.63, 3.8) is 0 Å². The molecule has 0 spiro atoms. The predicted octanol–water partition coefficient (Wildman–Crippen LogP) is 1.78. The molecule has 1 aromatic carbocycles. The Labute approximate surface area is 109 Å². The van der Waals surface area contributed by atoms with Crippen molar-refractivity contribution < 1.29 is 8.42 Å². The summed E-state index contributed by atoms with van der Waals surface area (Å²) in [4.78, 5) is 0.177. The van der Waals surface area contributed by atoms with Crippen molar-refractivity contribution in [1.82, 2.24) is 5.32 Å². The monoisotopic (exact) mass is 268 g/mol. The molecule has 0 saturated heterocycles. The standard InChI is InChI=1S/C13H20N2O2S/c1-3-10-8-13(10)15-9(2)11-5-4-6-12(7-11)18(14,16)17/h4-7,9-10,13,15H,3,8H2,1-2H3,(H2,14,16,17). The van der Waals surface area contributed by atoms with E-state index < -0.39 is 10.0 Å². The molecule has 18 heavy (non-hydrogen) atoms. The van der Waals surface area contributed by atoms with Gasteiger partial charge in [0.25, 0.3) is 0 Å². The molecule has 1 fully saturated rings. The van der Waals surface area contributed by atoms with Crippen molar-refractivity contribution in [3.05, 3.63) is 29.8 Å². The number of nitrogens with two attached hydrogens (primary N) is 1. The van der Waals surface area contributed by atoms with Gasteiger partial charge in [-0.2, -0.15) is 0 Å². The van der Waals surface area contributed by atoms with E-state index >= 15 is 0 Å². The summed E-state index contributed by atoms with van der Waals surface area (Å²) in [6.07, 6.45) is 2.41. The molecule has 1 aliphatic carbocycles. The Morgan fingerprint density at radius 1 is 1.50 bits per heavy atom. The second-order valence-corrected chi connectivity index (χ2v) is 6.58. The Hall–Kier alpha value is -0.910. The van der Waals surface area contributed by atoms with Gasteiger partial charge in [-0.05, 0) is 37.0 Å². The van der Waals surface area contributed by atoms with Crippen LogP contribution in [-0.2, 0) is 10.0 Å². The van der Waals surface area contributed by atoms with Gasteiger partial charge in [0.05, 0.1) is 4.90 Å².